The van der Waals surface area contributed by atoms with E-state index >= 15 is 0 Å². The Hall–Kier alpha value is -0.260. The van der Waals surface area contributed by atoms with E-state index in [0.29, 0.717) is 0 Å². The van der Waals surface area contributed by atoms with Gasteiger partial charge in [-0.1, -0.05) is 18.6 Å². The third-order valence-electron chi connectivity index (χ3n) is 4.35. The topological polar surface area (TPSA) is 0 Å². The minimum absolute atomic E-state index is 0.965. The van der Waals surface area contributed by atoms with Crippen LogP contribution < -0.4 is 0 Å². The minimum Gasteiger partial charge on any atom is -0.0996 e. The van der Waals surface area contributed by atoms with Crippen LogP contribution in [0.4, 0.5) is 0 Å². The van der Waals surface area contributed by atoms with Crippen molar-refractivity contribution >= 4 is 0 Å². The van der Waals surface area contributed by atoms with E-state index in [4.69, 9.17) is 0 Å². The van der Waals surface area contributed by atoms with Crippen LogP contribution in [0.15, 0.2) is 12.2 Å². The maximum atomic E-state index is 4.20. The van der Waals surface area contributed by atoms with Crippen molar-refractivity contribution in [2.75, 3.05) is 0 Å². The van der Waals surface area contributed by atoms with Gasteiger partial charge in [0.2, 0.25) is 0 Å². The summed E-state index contributed by atoms with van der Waals surface area (Å²) in [6.07, 6.45) is 7.46. The lowest BCUT2D eigenvalue weighted by Gasteiger charge is -2.25. The lowest BCUT2D eigenvalue weighted by Crippen LogP contribution is -2.17. The molecule has 3 rings (SSSR count). The summed E-state index contributed by atoms with van der Waals surface area (Å²) >= 11 is 0. The summed E-state index contributed by atoms with van der Waals surface area (Å²) in [5.41, 5.74) is 1.60. The Bertz CT molecular complexity index is 204. The van der Waals surface area contributed by atoms with Gasteiger partial charge >= 0.3 is 0 Å². The summed E-state index contributed by atoms with van der Waals surface area (Å²) in [6, 6.07) is 0. The number of rotatable bonds is 0. The molecule has 4 unspecified atom stereocenters. The Morgan fingerprint density at radius 1 is 1.18 bits per heavy atom. The highest BCUT2D eigenvalue weighted by molar-refractivity contribution is 5.18. The van der Waals surface area contributed by atoms with E-state index in [9.17, 15) is 0 Å². The van der Waals surface area contributed by atoms with E-state index in [2.05, 4.69) is 6.58 Å². The second kappa shape index (κ2) is 1.91. The Morgan fingerprint density at radius 3 is 2.91 bits per heavy atom. The second-order valence-corrected chi connectivity index (χ2v) is 4.72. The smallest absolute Gasteiger partial charge is 0.0172 e. The fraction of sp³-hybridized carbons (Fsp3) is 0.818. The fourth-order valence-corrected chi connectivity index (χ4v) is 3.97. The number of allylic oxidation sites excluding steroid dienone is 1. The molecule has 0 amide bonds. The Balaban J connectivity index is 1.95. The van der Waals surface area contributed by atoms with Crippen LogP contribution in [0.25, 0.3) is 0 Å². The molecular weight excluding hydrogens is 132 g/mol. The molecule has 0 aromatic carbocycles. The SMILES string of the molecule is C=C1CC2CC1C1CCCC21. The zero-order valence-electron chi connectivity index (χ0n) is 7.05. The molecule has 0 heterocycles. The zero-order chi connectivity index (χ0) is 7.42. The first-order valence-electron chi connectivity index (χ1n) is 5.04. The van der Waals surface area contributed by atoms with Gasteiger partial charge in [0, 0.05) is 0 Å². The Labute approximate surface area is 68.7 Å². The normalized spacial score (nSPS) is 53.6. The molecule has 0 aliphatic heterocycles. The minimum atomic E-state index is 0.965. The second-order valence-electron chi connectivity index (χ2n) is 4.72. The van der Waals surface area contributed by atoms with E-state index in [1.165, 1.54) is 25.7 Å². The summed E-state index contributed by atoms with van der Waals surface area (Å²) in [4.78, 5) is 0. The number of hydrogen-bond donors (Lipinski definition) is 0. The van der Waals surface area contributed by atoms with E-state index in [-0.39, 0.29) is 0 Å². The molecule has 3 aliphatic rings. The van der Waals surface area contributed by atoms with Crippen LogP contribution in [-0.2, 0) is 0 Å². The van der Waals surface area contributed by atoms with Crippen LogP contribution in [0.2, 0.25) is 0 Å². The van der Waals surface area contributed by atoms with Crippen molar-refractivity contribution in [1.82, 2.24) is 0 Å². The molecule has 0 radical (unpaired) electrons. The van der Waals surface area contributed by atoms with Gasteiger partial charge in [-0.2, -0.15) is 0 Å². The van der Waals surface area contributed by atoms with Crippen LogP contribution in [0.5, 0.6) is 0 Å². The third kappa shape index (κ3) is 0.660. The fourth-order valence-electron chi connectivity index (χ4n) is 3.97. The first kappa shape index (κ1) is 6.28. The molecule has 0 spiro atoms. The van der Waals surface area contributed by atoms with Gasteiger partial charge in [-0.25, -0.2) is 0 Å². The highest BCUT2D eigenvalue weighted by Crippen LogP contribution is 2.60. The molecule has 3 fully saturated rings. The van der Waals surface area contributed by atoms with E-state index < -0.39 is 0 Å². The van der Waals surface area contributed by atoms with Crippen molar-refractivity contribution in [3.8, 4) is 0 Å². The molecule has 3 saturated carbocycles. The van der Waals surface area contributed by atoms with Gasteiger partial charge in [0.05, 0.1) is 0 Å². The van der Waals surface area contributed by atoms with Crippen LogP contribution >= 0.6 is 0 Å². The Morgan fingerprint density at radius 2 is 2.00 bits per heavy atom. The van der Waals surface area contributed by atoms with E-state index in [1.54, 1.807) is 12.0 Å². The molecule has 11 heavy (non-hydrogen) atoms. The molecular formula is C11H16. The van der Waals surface area contributed by atoms with Gasteiger partial charge in [-0.05, 0) is 49.4 Å². The van der Waals surface area contributed by atoms with Crippen LogP contribution in [0.1, 0.15) is 32.1 Å². The summed E-state index contributed by atoms with van der Waals surface area (Å²) in [6.45, 7) is 4.20. The van der Waals surface area contributed by atoms with Gasteiger partial charge in [-0.3, -0.25) is 0 Å². The summed E-state index contributed by atoms with van der Waals surface area (Å²) in [5, 5.41) is 0. The molecule has 4 atom stereocenters. The lowest BCUT2D eigenvalue weighted by atomic mass is 9.80. The first-order chi connectivity index (χ1) is 5.36. The van der Waals surface area contributed by atoms with Gasteiger partial charge in [0.1, 0.15) is 0 Å². The van der Waals surface area contributed by atoms with Crippen molar-refractivity contribution in [3.05, 3.63) is 12.2 Å². The molecule has 0 N–H and O–H groups in total. The quantitative estimate of drug-likeness (QED) is 0.463. The van der Waals surface area contributed by atoms with Gasteiger partial charge in [0.15, 0.2) is 0 Å². The van der Waals surface area contributed by atoms with Crippen LogP contribution in [0.3, 0.4) is 0 Å². The predicted octanol–water partition coefficient (Wildman–Crippen LogP) is 3.00. The molecule has 2 bridgehead atoms. The monoisotopic (exact) mass is 148 g/mol. The van der Waals surface area contributed by atoms with Crippen molar-refractivity contribution in [2.45, 2.75) is 32.1 Å². The standard InChI is InChI=1S/C11H16/c1-7-5-8-6-11(7)10-4-2-3-9(8)10/h8-11H,1-6H2. The highest BCUT2D eigenvalue weighted by atomic mass is 14.5. The van der Waals surface area contributed by atoms with Crippen molar-refractivity contribution in [2.24, 2.45) is 23.7 Å². The van der Waals surface area contributed by atoms with Crippen LogP contribution in [0, 0.1) is 23.7 Å². The van der Waals surface area contributed by atoms with E-state index in [1.807, 2.05) is 0 Å². The average Bonchev–Trinajstić information content (AvgIpc) is 2.52. The summed E-state index contributed by atoms with van der Waals surface area (Å²) in [5.74, 6) is 4.25. The molecule has 0 saturated heterocycles. The first-order valence-corrected chi connectivity index (χ1v) is 5.04. The van der Waals surface area contributed by atoms with Crippen LogP contribution in [-0.4, -0.2) is 0 Å². The molecule has 0 aromatic rings. The molecule has 0 heteroatoms. The highest BCUT2D eigenvalue weighted by Gasteiger charge is 2.50. The van der Waals surface area contributed by atoms with Gasteiger partial charge < -0.3 is 0 Å². The third-order valence-corrected chi connectivity index (χ3v) is 4.35. The molecule has 0 nitrogen and oxygen atoms in total. The summed E-state index contributed by atoms with van der Waals surface area (Å²) in [7, 11) is 0. The summed E-state index contributed by atoms with van der Waals surface area (Å²) < 4.78 is 0. The van der Waals surface area contributed by atoms with Gasteiger partial charge in [-0.15, -0.1) is 0 Å². The average molecular weight is 148 g/mol. The van der Waals surface area contributed by atoms with Crippen molar-refractivity contribution in [3.63, 3.8) is 0 Å². The van der Waals surface area contributed by atoms with Crippen molar-refractivity contribution in [1.29, 1.82) is 0 Å². The molecule has 3 aliphatic carbocycles. The maximum Gasteiger partial charge on any atom is -0.0172 e. The van der Waals surface area contributed by atoms with Crippen molar-refractivity contribution < 1.29 is 0 Å². The number of hydrogen-bond acceptors (Lipinski definition) is 0. The van der Waals surface area contributed by atoms with Gasteiger partial charge in [0.25, 0.3) is 0 Å². The largest absolute Gasteiger partial charge is 0.0996 e. The molecule has 0 aromatic heterocycles. The lowest BCUT2D eigenvalue weighted by molar-refractivity contribution is 0.305. The predicted molar refractivity (Wildman–Crippen MR) is 46.2 cm³/mol. The van der Waals surface area contributed by atoms with E-state index in [0.717, 1.165) is 23.7 Å². The zero-order valence-corrected chi connectivity index (χ0v) is 7.05. The Kier molecular flexibility index (Phi) is 1.09. The number of fused-ring (bicyclic) bond motifs is 5. The molecule has 60 valence electrons. The maximum absolute atomic E-state index is 4.20.